The number of aryl methyl sites for hydroxylation is 1. The van der Waals surface area contributed by atoms with Crippen molar-refractivity contribution in [1.29, 1.82) is 0 Å². The molecule has 2 bridgehead atoms. The monoisotopic (exact) mass is 379 g/mol. The predicted molar refractivity (Wildman–Crippen MR) is 107 cm³/mol. The first-order chi connectivity index (χ1) is 13.2. The van der Waals surface area contributed by atoms with Gasteiger partial charge in [-0.25, -0.2) is 0 Å². The van der Waals surface area contributed by atoms with Gasteiger partial charge < -0.3 is 15.2 Å². The van der Waals surface area contributed by atoms with Crippen molar-refractivity contribution in [2.45, 2.75) is 40.0 Å². The van der Waals surface area contributed by atoms with E-state index in [9.17, 15) is 9.59 Å². The number of carbonyl (C=O) groups excluding carboxylic acids is 2. The normalized spacial score (nSPS) is 23.0. The van der Waals surface area contributed by atoms with Crippen LogP contribution in [0.25, 0.3) is 6.08 Å². The zero-order chi connectivity index (χ0) is 20.1. The number of hydrogen-bond donors (Lipinski definition) is 2. The SMILES string of the molecule is Cc1cc(NC(=O)c2ccc3c(c2)C(C)C2CC(=C3)C(=O)NCC2(C)C)no1. The van der Waals surface area contributed by atoms with Crippen LogP contribution in [0.4, 0.5) is 5.82 Å². The maximum absolute atomic E-state index is 12.7. The number of nitrogens with one attached hydrogen (secondary N) is 2. The largest absolute Gasteiger partial charge is 0.360 e. The summed E-state index contributed by atoms with van der Waals surface area (Å²) in [5.41, 5.74) is 3.46. The second-order valence-electron chi connectivity index (χ2n) is 8.56. The number of nitrogens with zero attached hydrogens (tertiary/aromatic N) is 1. The van der Waals surface area contributed by atoms with Crippen molar-refractivity contribution in [3.63, 3.8) is 0 Å². The van der Waals surface area contributed by atoms with E-state index in [2.05, 4.69) is 36.6 Å². The lowest BCUT2D eigenvalue weighted by Crippen LogP contribution is -2.36. The molecule has 1 aromatic heterocycles. The Morgan fingerprint density at radius 1 is 1.32 bits per heavy atom. The van der Waals surface area contributed by atoms with Gasteiger partial charge in [0.1, 0.15) is 5.76 Å². The molecule has 2 aliphatic rings. The van der Waals surface area contributed by atoms with Gasteiger partial charge in [0.05, 0.1) is 0 Å². The Labute approximate surface area is 164 Å². The van der Waals surface area contributed by atoms with E-state index in [4.69, 9.17) is 4.52 Å². The van der Waals surface area contributed by atoms with E-state index in [0.717, 1.165) is 23.1 Å². The van der Waals surface area contributed by atoms with E-state index >= 15 is 0 Å². The zero-order valence-corrected chi connectivity index (χ0v) is 16.6. The van der Waals surface area contributed by atoms with Crippen LogP contribution in [0.1, 0.15) is 60.4 Å². The van der Waals surface area contributed by atoms with Crippen LogP contribution in [0.5, 0.6) is 0 Å². The molecule has 0 saturated carbocycles. The van der Waals surface area contributed by atoms with Crippen molar-refractivity contribution in [3.05, 3.63) is 52.3 Å². The van der Waals surface area contributed by atoms with Crippen molar-refractivity contribution in [3.8, 4) is 0 Å². The second-order valence-corrected chi connectivity index (χ2v) is 8.56. The first kappa shape index (κ1) is 18.5. The molecule has 0 radical (unpaired) electrons. The van der Waals surface area contributed by atoms with Crippen molar-refractivity contribution in [2.24, 2.45) is 11.3 Å². The van der Waals surface area contributed by atoms with Crippen molar-refractivity contribution < 1.29 is 14.1 Å². The number of benzene rings is 1. The van der Waals surface area contributed by atoms with Crippen LogP contribution in [0.15, 0.2) is 34.4 Å². The standard InChI is InChI=1S/C22H25N3O3/c1-12-7-19(25-28-12)24-21(27)15-6-5-14-8-16-10-18(13(2)17(14)9-15)22(3,4)11-23-20(16)26/h5-9,13,18H,10-11H2,1-4H3,(H,23,26)(H,24,25,27). The Kier molecular flexibility index (Phi) is 4.37. The smallest absolute Gasteiger partial charge is 0.256 e. The molecule has 28 heavy (non-hydrogen) atoms. The number of fused-ring (bicyclic) bond motifs is 3. The van der Waals surface area contributed by atoms with Crippen molar-refractivity contribution in [1.82, 2.24) is 10.5 Å². The first-order valence-electron chi connectivity index (χ1n) is 9.62. The summed E-state index contributed by atoms with van der Waals surface area (Å²) in [7, 11) is 0. The van der Waals surface area contributed by atoms with Gasteiger partial charge in [-0.05, 0) is 59.9 Å². The highest BCUT2D eigenvalue weighted by Crippen LogP contribution is 2.46. The fourth-order valence-electron chi connectivity index (χ4n) is 4.40. The molecule has 2 heterocycles. The third kappa shape index (κ3) is 3.23. The highest BCUT2D eigenvalue weighted by molar-refractivity contribution is 6.04. The Hall–Kier alpha value is -2.89. The molecule has 2 atom stereocenters. The Balaban J connectivity index is 1.72. The molecule has 146 valence electrons. The lowest BCUT2D eigenvalue weighted by atomic mass is 9.69. The van der Waals surface area contributed by atoms with E-state index in [0.29, 0.717) is 29.6 Å². The molecule has 1 aromatic carbocycles. The summed E-state index contributed by atoms with van der Waals surface area (Å²) in [5.74, 6) is 1.35. The summed E-state index contributed by atoms with van der Waals surface area (Å²) in [5, 5.41) is 9.65. The molecule has 2 unspecified atom stereocenters. The molecule has 1 aliphatic carbocycles. The molecule has 0 spiro atoms. The minimum Gasteiger partial charge on any atom is -0.360 e. The van der Waals surface area contributed by atoms with Crippen LogP contribution in [-0.2, 0) is 4.79 Å². The Morgan fingerprint density at radius 2 is 2.11 bits per heavy atom. The summed E-state index contributed by atoms with van der Waals surface area (Å²) in [6, 6.07) is 7.35. The van der Waals surface area contributed by atoms with Crippen molar-refractivity contribution in [2.75, 3.05) is 11.9 Å². The highest BCUT2D eigenvalue weighted by atomic mass is 16.5. The molecule has 2 N–H and O–H groups in total. The summed E-state index contributed by atoms with van der Waals surface area (Å²) < 4.78 is 5.01. The Bertz CT molecular complexity index is 987. The number of amides is 2. The van der Waals surface area contributed by atoms with E-state index in [1.807, 2.05) is 18.2 Å². The van der Waals surface area contributed by atoms with Crippen LogP contribution in [0, 0.1) is 18.3 Å². The van der Waals surface area contributed by atoms with Gasteiger partial charge in [-0.1, -0.05) is 32.0 Å². The molecule has 1 aliphatic heterocycles. The summed E-state index contributed by atoms with van der Waals surface area (Å²) >= 11 is 0. The third-order valence-corrected chi connectivity index (χ3v) is 6.08. The van der Waals surface area contributed by atoms with Crippen LogP contribution >= 0.6 is 0 Å². The molecular weight excluding hydrogens is 354 g/mol. The van der Waals surface area contributed by atoms with Crippen LogP contribution in [-0.4, -0.2) is 23.5 Å². The lowest BCUT2D eigenvalue weighted by Gasteiger charge is -2.36. The van der Waals surface area contributed by atoms with E-state index in [1.165, 1.54) is 0 Å². The molecule has 1 saturated heterocycles. The fraction of sp³-hybridized carbons (Fsp3) is 0.409. The van der Waals surface area contributed by atoms with Gasteiger partial charge in [0, 0.05) is 23.7 Å². The fourth-order valence-corrected chi connectivity index (χ4v) is 4.40. The maximum atomic E-state index is 12.7. The molecule has 6 heteroatoms. The lowest BCUT2D eigenvalue weighted by molar-refractivity contribution is -0.117. The molecule has 2 amide bonds. The van der Waals surface area contributed by atoms with Gasteiger partial charge in [0.25, 0.3) is 5.91 Å². The Morgan fingerprint density at radius 3 is 2.82 bits per heavy atom. The molecule has 4 rings (SSSR count). The zero-order valence-electron chi connectivity index (χ0n) is 16.6. The summed E-state index contributed by atoms with van der Waals surface area (Å²) in [6.45, 7) is 9.02. The van der Waals surface area contributed by atoms with Crippen LogP contribution < -0.4 is 10.6 Å². The van der Waals surface area contributed by atoms with E-state index in [1.54, 1.807) is 19.1 Å². The first-order valence-corrected chi connectivity index (χ1v) is 9.62. The van der Waals surface area contributed by atoms with Crippen LogP contribution in [0.2, 0.25) is 0 Å². The van der Waals surface area contributed by atoms with Gasteiger partial charge in [0.15, 0.2) is 5.82 Å². The summed E-state index contributed by atoms with van der Waals surface area (Å²) in [4.78, 5) is 25.2. The number of anilines is 1. The number of rotatable bonds is 2. The molecular formula is C22H25N3O3. The highest BCUT2D eigenvalue weighted by Gasteiger charge is 2.40. The molecule has 6 nitrogen and oxygen atoms in total. The average molecular weight is 379 g/mol. The molecule has 2 aromatic rings. The predicted octanol–water partition coefficient (Wildman–Crippen LogP) is 3.90. The van der Waals surface area contributed by atoms with Gasteiger partial charge >= 0.3 is 0 Å². The number of carbonyl (C=O) groups is 2. The van der Waals surface area contributed by atoms with E-state index in [-0.39, 0.29) is 23.1 Å². The number of hydrogen-bond acceptors (Lipinski definition) is 4. The van der Waals surface area contributed by atoms with Gasteiger partial charge in [-0.3, -0.25) is 9.59 Å². The van der Waals surface area contributed by atoms with Gasteiger partial charge in [-0.15, -0.1) is 0 Å². The minimum atomic E-state index is -0.225. The van der Waals surface area contributed by atoms with Crippen molar-refractivity contribution >= 4 is 23.7 Å². The minimum absolute atomic E-state index is 0.0128. The van der Waals surface area contributed by atoms with Gasteiger partial charge in [-0.2, -0.15) is 0 Å². The second kappa shape index (κ2) is 6.62. The van der Waals surface area contributed by atoms with E-state index < -0.39 is 0 Å². The molecule has 1 fully saturated rings. The quantitative estimate of drug-likeness (QED) is 0.829. The number of aromatic nitrogens is 1. The summed E-state index contributed by atoms with van der Waals surface area (Å²) in [6.07, 6.45) is 2.72. The average Bonchev–Trinajstić information content (AvgIpc) is 2.94. The van der Waals surface area contributed by atoms with Gasteiger partial charge in [0.2, 0.25) is 5.91 Å². The maximum Gasteiger partial charge on any atom is 0.256 e. The van der Waals surface area contributed by atoms with Crippen LogP contribution in [0.3, 0.4) is 0 Å². The third-order valence-electron chi connectivity index (χ3n) is 6.08. The topological polar surface area (TPSA) is 84.2 Å².